The first-order chi connectivity index (χ1) is 8.69. The van der Waals surface area contributed by atoms with Crippen molar-refractivity contribution in [1.82, 2.24) is 5.32 Å². The molecule has 3 N–H and O–H groups in total. The maximum atomic E-state index is 13.3. The van der Waals surface area contributed by atoms with E-state index < -0.39 is 29.2 Å². The molecule has 0 spiro atoms. The van der Waals surface area contributed by atoms with Crippen molar-refractivity contribution < 1.29 is 23.5 Å². The second-order valence-corrected chi connectivity index (χ2v) is 4.66. The molecule has 0 heterocycles. The van der Waals surface area contributed by atoms with E-state index in [0.29, 0.717) is 6.07 Å². The fourth-order valence-electron chi connectivity index (χ4n) is 1.47. The molecule has 5 nitrogen and oxygen atoms in total. The molecule has 0 radical (unpaired) electrons. The Morgan fingerprint density at radius 2 is 1.95 bits per heavy atom. The predicted molar refractivity (Wildman–Crippen MR) is 64.8 cm³/mol. The first-order valence-corrected chi connectivity index (χ1v) is 5.45. The molecule has 0 saturated carbocycles. The summed E-state index contributed by atoms with van der Waals surface area (Å²) < 4.78 is 25.9. The number of carboxylic acids is 1. The quantitative estimate of drug-likeness (QED) is 0.787. The molecule has 0 aromatic heterocycles. The van der Waals surface area contributed by atoms with Crippen molar-refractivity contribution in [3.8, 4) is 0 Å². The molecule has 0 fully saturated rings. The van der Waals surface area contributed by atoms with Gasteiger partial charge in [0.25, 0.3) is 0 Å². The van der Waals surface area contributed by atoms with Crippen molar-refractivity contribution in [1.29, 1.82) is 0 Å². The molecule has 1 rings (SSSR count). The number of anilines is 1. The van der Waals surface area contributed by atoms with E-state index in [1.807, 2.05) is 0 Å². The lowest BCUT2D eigenvalue weighted by Crippen LogP contribution is -2.46. The third kappa shape index (κ3) is 4.90. The summed E-state index contributed by atoms with van der Waals surface area (Å²) in [6, 6.07) is 1.95. The number of carbonyl (C=O) groups excluding carboxylic acids is 1. The van der Waals surface area contributed by atoms with Crippen molar-refractivity contribution in [2.24, 2.45) is 0 Å². The highest BCUT2D eigenvalue weighted by molar-refractivity contribution is 5.90. The fraction of sp³-hybridized carbons (Fsp3) is 0.333. The molecule has 1 aromatic rings. The van der Waals surface area contributed by atoms with Crippen molar-refractivity contribution in [3.05, 3.63) is 29.8 Å². The lowest BCUT2D eigenvalue weighted by atomic mass is 10.0. The largest absolute Gasteiger partial charge is 0.481 e. The smallest absolute Gasteiger partial charge is 0.319 e. The minimum Gasteiger partial charge on any atom is -0.481 e. The minimum absolute atomic E-state index is 0.190. The minimum atomic E-state index is -1.07. The summed E-state index contributed by atoms with van der Waals surface area (Å²) in [6.07, 6.45) is -0.285. The average molecular weight is 272 g/mol. The summed E-state index contributed by atoms with van der Waals surface area (Å²) in [5.74, 6) is -2.74. The van der Waals surface area contributed by atoms with Crippen LogP contribution >= 0.6 is 0 Å². The van der Waals surface area contributed by atoms with Gasteiger partial charge in [0.15, 0.2) is 0 Å². The Hall–Kier alpha value is -2.18. The Labute approximate surface area is 108 Å². The lowest BCUT2D eigenvalue weighted by molar-refractivity contribution is -0.138. The van der Waals surface area contributed by atoms with Crippen LogP contribution in [0.1, 0.15) is 20.3 Å². The van der Waals surface area contributed by atoms with Crippen molar-refractivity contribution >= 4 is 17.7 Å². The van der Waals surface area contributed by atoms with Gasteiger partial charge in [-0.1, -0.05) is 0 Å². The van der Waals surface area contributed by atoms with Gasteiger partial charge in [0.2, 0.25) is 0 Å². The molecule has 0 aliphatic heterocycles. The van der Waals surface area contributed by atoms with E-state index in [1.54, 1.807) is 0 Å². The van der Waals surface area contributed by atoms with Gasteiger partial charge in [0.05, 0.1) is 12.1 Å². The number of carbonyl (C=O) groups is 2. The van der Waals surface area contributed by atoms with Crippen LogP contribution in [0, 0.1) is 11.6 Å². The summed E-state index contributed by atoms with van der Waals surface area (Å²) in [5, 5.41) is 13.2. The second kappa shape index (κ2) is 5.64. The molecule has 0 aliphatic carbocycles. The topological polar surface area (TPSA) is 78.4 Å². The van der Waals surface area contributed by atoms with Crippen molar-refractivity contribution in [3.63, 3.8) is 0 Å². The SMILES string of the molecule is CC(C)(CC(=O)O)NC(=O)Nc1ccc(F)cc1F. The predicted octanol–water partition coefficient (Wildman–Crippen LogP) is 2.34. The monoisotopic (exact) mass is 272 g/mol. The Bertz CT molecular complexity index is 504. The third-order valence-electron chi connectivity index (χ3n) is 2.22. The number of carboxylic acid groups (broad SMARTS) is 1. The van der Waals surface area contributed by atoms with E-state index in [1.165, 1.54) is 13.8 Å². The Morgan fingerprint density at radius 1 is 1.32 bits per heavy atom. The van der Waals surface area contributed by atoms with Crippen LogP contribution in [0.15, 0.2) is 18.2 Å². The Morgan fingerprint density at radius 3 is 2.47 bits per heavy atom. The fourth-order valence-corrected chi connectivity index (χ4v) is 1.47. The summed E-state index contributed by atoms with van der Waals surface area (Å²) in [7, 11) is 0. The number of urea groups is 1. The van der Waals surface area contributed by atoms with Crippen LogP contribution in [0.2, 0.25) is 0 Å². The number of hydrogen-bond donors (Lipinski definition) is 3. The van der Waals surface area contributed by atoms with Crippen molar-refractivity contribution in [2.45, 2.75) is 25.8 Å². The zero-order chi connectivity index (χ0) is 14.6. The van der Waals surface area contributed by atoms with Gasteiger partial charge in [0.1, 0.15) is 11.6 Å². The van der Waals surface area contributed by atoms with Crippen molar-refractivity contribution in [2.75, 3.05) is 5.32 Å². The van der Waals surface area contributed by atoms with Crippen LogP contribution in [-0.2, 0) is 4.79 Å². The maximum absolute atomic E-state index is 13.3. The number of nitrogens with one attached hydrogen (secondary N) is 2. The molecule has 7 heteroatoms. The van der Waals surface area contributed by atoms with Gasteiger partial charge < -0.3 is 15.7 Å². The summed E-state index contributed by atoms with van der Waals surface area (Å²) in [6.45, 7) is 3.03. The molecule has 0 saturated heterocycles. The van der Waals surface area contributed by atoms with E-state index in [2.05, 4.69) is 10.6 Å². The van der Waals surface area contributed by atoms with Crippen LogP contribution in [0.3, 0.4) is 0 Å². The maximum Gasteiger partial charge on any atom is 0.319 e. The van der Waals surface area contributed by atoms with E-state index in [-0.39, 0.29) is 12.1 Å². The second-order valence-electron chi connectivity index (χ2n) is 4.66. The van der Waals surface area contributed by atoms with Gasteiger partial charge in [-0.15, -0.1) is 0 Å². The third-order valence-corrected chi connectivity index (χ3v) is 2.22. The average Bonchev–Trinajstić information content (AvgIpc) is 2.19. The molecule has 0 unspecified atom stereocenters. The van der Waals surface area contributed by atoms with Gasteiger partial charge in [-0.25, -0.2) is 13.6 Å². The first kappa shape index (κ1) is 14.9. The first-order valence-electron chi connectivity index (χ1n) is 5.45. The molecule has 0 atom stereocenters. The van der Waals surface area contributed by atoms with E-state index >= 15 is 0 Å². The molecule has 0 bridgehead atoms. The van der Waals surface area contributed by atoms with Crippen LogP contribution in [0.25, 0.3) is 0 Å². The van der Waals surface area contributed by atoms with E-state index in [4.69, 9.17) is 5.11 Å². The summed E-state index contributed by atoms with van der Waals surface area (Å²) in [4.78, 5) is 22.1. The molecule has 1 aromatic carbocycles. The van der Waals surface area contributed by atoms with Crippen LogP contribution in [0.5, 0.6) is 0 Å². The lowest BCUT2D eigenvalue weighted by Gasteiger charge is -2.24. The number of halogens is 2. The molecule has 2 amide bonds. The Balaban J connectivity index is 2.67. The highest BCUT2D eigenvalue weighted by atomic mass is 19.1. The van der Waals surface area contributed by atoms with Gasteiger partial charge in [-0.3, -0.25) is 4.79 Å². The van der Waals surface area contributed by atoms with Crippen LogP contribution in [0.4, 0.5) is 19.3 Å². The van der Waals surface area contributed by atoms with Crippen LogP contribution in [-0.4, -0.2) is 22.6 Å². The molecule has 0 aliphatic rings. The highest BCUT2D eigenvalue weighted by Gasteiger charge is 2.24. The Kier molecular flexibility index (Phi) is 4.42. The number of hydrogen-bond acceptors (Lipinski definition) is 2. The van der Waals surface area contributed by atoms with Gasteiger partial charge in [-0.05, 0) is 26.0 Å². The summed E-state index contributed by atoms with van der Waals surface area (Å²) >= 11 is 0. The van der Waals surface area contributed by atoms with E-state index in [9.17, 15) is 18.4 Å². The zero-order valence-corrected chi connectivity index (χ0v) is 10.5. The molecule has 19 heavy (non-hydrogen) atoms. The van der Waals surface area contributed by atoms with Gasteiger partial charge in [-0.2, -0.15) is 0 Å². The molecular formula is C12H14F2N2O3. The standard InChI is InChI=1S/C12H14F2N2O3/c1-12(2,6-10(17)18)16-11(19)15-9-4-3-7(13)5-8(9)14/h3-5H,6H2,1-2H3,(H,17,18)(H2,15,16,19). The number of amides is 2. The highest BCUT2D eigenvalue weighted by Crippen LogP contribution is 2.15. The number of rotatable bonds is 4. The van der Waals surface area contributed by atoms with Gasteiger partial charge >= 0.3 is 12.0 Å². The van der Waals surface area contributed by atoms with E-state index in [0.717, 1.165) is 12.1 Å². The normalized spacial score (nSPS) is 10.9. The number of benzene rings is 1. The van der Waals surface area contributed by atoms with Gasteiger partial charge in [0, 0.05) is 11.6 Å². The number of aliphatic carboxylic acids is 1. The van der Waals surface area contributed by atoms with Crippen LogP contribution < -0.4 is 10.6 Å². The summed E-state index contributed by atoms with van der Waals surface area (Å²) in [5.41, 5.74) is -1.18. The molecular weight excluding hydrogens is 258 g/mol. The molecule has 104 valence electrons. The zero-order valence-electron chi connectivity index (χ0n) is 10.5.